The van der Waals surface area contributed by atoms with Crippen LogP contribution in [0.4, 0.5) is 0 Å². The van der Waals surface area contributed by atoms with Crippen molar-refractivity contribution in [1.82, 2.24) is 23.1 Å². The molecule has 0 saturated heterocycles. The van der Waals surface area contributed by atoms with Crippen molar-refractivity contribution in [2.45, 2.75) is 13.0 Å². The number of aromatic nitrogens is 5. The smallest absolute Gasteiger partial charge is 0.332 e. The first-order chi connectivity index (χ1) is 16.5. The number of imidazole rings is 2. The van der Waals surface area contributed by atoms with Crippen LogP contribution in [0.15, 0.2) is 64.3 Å². The number of fused-ring (bicyclic) bond motifs is 3. The molecular weight excluding hydrogens is 458 g/mol. The molecule has 9 nitrogen and oxygen atoms in total. The standard InChI is InChI=1S/C24H22ClN5O4/c1-27-21-20(22(32)28(24(27)33)11-6-12-31)29-14-18(15-7-4-3-5-8-15)30(23(29)26-21)17-13-16(25)9-10-19(17)34-2/h3-5,7-10,13-14,31H,6,11-12H2,1-2H3. The molecule has 0 amide bonds. The summed E-state index contributed by atoms with van der Waals surface area (Å²) in [6.45, 7) is -0.0158. The van der Waals surface area contributed by atoms with E-state index >= 15 is 0 Å². The lowest BCUT2D eigenvalue weighted by molar-refractivity contribution is 0.277. The van der Waals surface area contributed by atoms with E-state index in [9.17, 15) is 14.7 Å². The number of rotatable bonds is 6. The van der Waals surface area contributed by atoms with Gasteiger partial charge < -0.3 is 9.84 Å². The van der Waals surface area contributed by atoms with Crippen LogP contribution in [0.5, 0.6) is 5.75 Å². The van der Waals surface area contributed by atoms with E-state index in [4.69, 9.17) is 21.3 Å². The highest BCUT2D eigenvalue weighted by Crippen LogP contribution is 2.34. The molecule has 3 heterocycles. The van der Waals surface area contributed by atoms with Gasteiger partial charge >= 0.3 is 5.69 Å². The molecule has 0 aliphatic heterocycles. The Hall–Kier alpha value is -3.82. The van der Waals surface area contributed by atoms with Crippen LogP contribution >= 0.6 is 11.6 Å². The van der Waals surface area contributed by atoms with Gasteiger partial charge in [-0.2, -0.15) is 4.98 Å². The van der Waals surface area contributed by atoms with Crippen LogP contribution in [0.3, 0.4) is 0 Å². The zero-order valence-corrected chi connectivity index (χ0v) is 19.4. The van der Waals surface area contributed by atoms with E-state index in [0.717, 1.165) is 15.8 Å². The Morgan fingerprint density at radius 3 is 2.59 bits per heavy atom. The van der Waals surface area contributed by atoms with E-state index in [1.54, 1.807) is 36.8 Å². The topological polar surface area (TPSA) is 95.7 Å². The molecule has 0 radical (unpaired) electrons. The maximum atomic E-state index is 13.4. The molecule has 174 valence electrons. The van der Waals surface area contributed by atoms with Crippen LogP contribution in [-0.2, 0) is 13.6 Å². The fourth-order valence-corrected chi connectivity index (χ4v) is 4.38. The molecule has 0 bridgehead atoms. The van der Waals surface area contributed by atoms with Gasteiger partial charge in [0.15, 0.2) is 11.2 Å². The fraction of sp³-hybridized carbons (Fsp3) is 0.208. The molecule has 34 heavy (non-hydrogen) atoms. The fourth-order valence-electron chi connectivity index (χ4n) is 4.21. The first kappa shape index (κ1) is 22.0. The van der Waals surface area contributed by atoms with Crippen LogP contribution in [0.1, 0.15) is 6.42 Å². The number of ether oxygens (including phenoxy) is 1. The average molecular weight is 480 g/mol. The number of methoxy groups -OCH3 is 1. The van der Waals surface area contributed by atoms with Crippen LogP contribution in [0, 0.1) is 0 Å². The molecule has 10 heteroatoms. The number of benzene rings is 2. The summed E-state index contributed by atoms with van der Waals surface area (Å²) in [7, 11) is 3.15. The molecule has 0 atom stereocenters. The number of aryl methyl sites for hydroxylation is 1. The minimum absolute atomic E-state index is 0.111. The van der Waals surface area contributed by atoms with Crippen molar-refractivity contribution in [1.29, 1.82) is 0 Å². The molecule has 0 unspecified atom stereocenters. The summed E-state index contributed by atoms with van der Waals surface area (Å²) < 4.78 is 11.6. The lowest BCUT2D eigenvalue weighted by Crippen LogP contribution is -2.39. The third-order valence-corrected chi connectivity index (χ3v) is 6.08. The van der Waals surface area contributed by atoms with Gasteiger partial charge in [0.1, 0.15) is 5.75 Å². The highest BCUT2D eigenvalue weighted by molar-refractivity contribution is 6.30. The van der Waals surface area contributed by atoms with Crippen molar-refractivity contribution in [3.05, 3.63) is 80.6 Å². The Kier molecular flexibility index (Phi) is 5.51. The number of nitrogens with zero attached hydrogens (tertiary/aromatic N) is 5. The van der Waals surface area contributed by atoms with Gasteiger partial charge in [-0.1, -0.05) is 41.9 Å². The molecule has 2 aromatic carbocycles. The predicted molar refractivity (Wildman–Crippen MR) is 130 cm³/mol. The minimum Gasteiger partial charge on any atom is -0.495 e. The maximum absolute atomic E-state index is 13.4. The molecule has 5 aromatic rings. The quantitative estimate of drug-likeness (QED) is 0.404. The first-order valence-corrected chi connectivity index (χ1v) is 11.1. The van der Waals surface area contributed by atoms with Crippen LogP contribution in [-0.4, -0.2) is 41.9 Å². The highest BCUT2D eigenvalue weighted by Gasteiger charge is 2.23. The summed E-state index contributed by atoms with van der Waals surface area (Å²) >= 11 is 6.34. The third kappa shape index (κ3) is 3.32. The van der Waals surface area contributed by atoms with Gasteiger partial charge in [-0.25, -0.2) is 4.79 Å². The van der Waals surface area contributed by atoms with Crippen molar-refractivity contribution in [2.24, 2.45) is 7.05 Å². The summed E-state index contributed by atoms with van der Waals surface area (Å²) in [5, 5.41) is 9.73. The Morgan fingerprint density at radius 2 is 1.88 bits per heavy atom. The normalized spacial score (nSPS) is 11.5. The number of aliphatic hydroxyl groups is 1. The second kappa shape index (κ2) is 8.51. The summed E-state index contributed by atoms with van der Waals surface area (Å²) in [4.78, 5) is 31.0. The average Bonchev–Trinajstić information content (AvgIpc) is 3.39. The van der Waals surface area contributed by atoms with Crippen LogP contribution in [0.25, 0.3) is 33.9 Å². The Morgan fingerprint density at radius 1 is 1.12 bits per heavy atom. The van der Waals surface area contributed by atoms with Gasteiger partial charge in [-0.15, -0.1) is 0 Å². The largest absolute Gasteiger partial charge is 0.495 e. The van der Waals surface area contributed by atoms with E-state index in [1.807, 2.05) is 41.1 Å². The van der Waals surface area contributed by atoms with Crippen molar-refractivity contribution < 1.29 is 9.84 Å². The second-order valence-corrected chi connectivity index (χ2v) is 8.30. The number of hydrogen-bond acceptors (Lipinski definition) is 5. The van der Waals surface area contributed by atoms with Crippen molar-refractivity contribution >= 4 is 28.5 Å². The van der Waals surface area contributed by atoms with Gasteiger partial charge in [-0.3, -0.25) is 22.9 Å². The van der Waals surface area contributed by atoms with Gasteiger partial charge in [0.05, 0.1) is 18.5 Å². The molecular formula is C24H22ClN5O4. The molecule has 3 aromatic heterocycles. The molecule has 5 rings (SSSR count). The van der Waals surface area contributed by atoms with Crippen molar-refractivity contribution in [2.75, 3.05) is 13.7 Å². The van der Waals surface area contributed by atoms with E-state index in [0.29, 0.717) is 28.7 Å². The van der Waals surface area contributed by atoms with Gasteiger partial charge in [0.2, 0.25) is 5.78 Å². The number of halogens is 1. The monoisotopic (exact) mass is 479 g/mol. The third-order valence-electron chi connectivity index (χ3n) is 5.84. The summed E-state index contributed by atoms with van der Waals surface area (Å²) in [6.07, 6.45) is 2.11. The SMILES string of the molecule is COc1ccc(Cl)cc1-n1c(-c2ccccc2)cn2c3c(=O)n(CCCO)c(=O)n(C)c3nc12. The lowest BCUT2D eigenvalue weighted by Gasteiger charge is -2.13. The van der Waals surface area contributed by atoms with E-state index in [2.05, 4.69) is 0 Å². The summed E-state index contributed by atoms with van der Waals surface area (Å²) in [5.74, 6) is 1.00. The van der Waals surface area contributed by atoms with E-state index < -0.39 is 11.2 Å². The zero-order chi connectivity index (χ0) is 24.0. The molecule has 0 aliphatic carbocycles. The van der Waals surface area contributed by atoms with Crippen molar-refractivity contribution in [3.8, 4) is 22.7 Å². The summed E-state index contributed by atoms with van der Waals surface area (Å²) in [5.41, 5.74) is 1.89. The zero-order valence-electron chi connectivity index (χ0n) is 18.6. The lowest BCUT2D eigenvalue weighted by atomic mass is 10.1. The van der Waals surface area contributed by atoms with E-state index in [1.165, 1.54) is 4.57 Å². The Balaban J connectivity index is 1.94. The molecule has 1 N–H and O–H groups in total. The van der Waals surface area contributed by atoms with Crippen LogP contribution in [0.2, 0.25) is 5.02 Å². The second-order valence-electron chi connectivity index (χ2n) is 7.86. The number of hydrogen-bond donors (Lipinski definition) is 1. The minimum atomic E-state index is -0.484. The molecule has 0 fully saturated rings. The Labute approximate surface area is 198 Å². The molecule has 0 spiro atoms. The summed E-state index contributed by atoms with van der Waals surface area (Å²) in [6, 6.07) is 15.0. The molecule has 0 saturated carbocycles. The highest BCUT2D eigenvalue weighted by atomic mass is 35.5. The van der Waals surface area contributed by atoms with Crippen LogP contribution < -0.4 is 16.0 Å². The maximum Gasteiger partial charge on any atom is 0.332 e. The molecule has 0 aliphatic rings. The number of aliphatic hydroxyl groups excluding tert-OH is 1. The van der Waals surface area contributed by atoms with Crippen molar-refractivity contribution in [3.63, 3.8) is 0 Å². The van der Waals surface area contributed by atoms with Gasteiger partial charge in [-0.05, 0) is 24.6 Å². The first-order valence-electron chi connectivity index (χ1n) is 10.7. The van der Waals surface area contributed by atoms with Gasteiger partial charge in [0, 0.05) is 37.0 Å². The van der Waals surface area contributed by atoms with Gasteiger partial charge in [0.25, 0.3) is 5.56 Å². The Bertz CT molecular complexity index is 1650. The predicted octanol–water partition coefficient (Wildman–Crippen LogP) is 2.85. The van der Waals surface area contributed by atoms with E-state index in [-0.39, 0.29) is 24.3 Å².